The number of fused-ring (bicyclic) bond motifs is 1. The molecule has 0 radical (unpaired) electrons. The standard InChI is InChI=1S/C18H21BrN2O2/c1-5-8-15(21-17(22)23-18(2,3)4)16-11-13(19)12-9-6-7-10-14(12)20-16/h5-7,9-11,15H,1,8H2,2-4H3,(H,21,22)/t15-/m0/s1. The smallest absolute Gasteiger partial charge is 0.408 e. The highest BCUT2D eigenvalue weighted by Gasteiger charge is 2.21. The van der Waals surface area contributed by atoms with Crippen molar-refractivity contribution in [2.45, 2.75) is 38.8 Å². The third-order valence-corrected chi connectivity index (χ3v) is 3.79. The molecule has 0 fully saturated rings. The van der Waals surface area contributed by atoms with Crippen molar-refractivity contribution in [1.82, 2.24) is 10.3 Å². The van der Waals surface area contributed by atoms with Crippen molar-refractivity contribution < 1.29 is 9.53 Å². The highest BCUT2D eigenvalue weighted by molar-refractivity contribution is 9.10. The molecule has 23 heavy (non-hydrogen) atoms. The molecule has 0 aliphatic heterocycles. The molecular weight excluding hydrogens is 356 g/mol. The Morgan fingerprint density at radius 1 is 1.43 bits per heavy atom. The van der Waals surface area contributed by atoms with Crippen molar-refractivity contribution in [3.05, 3.63) is 53.2 Å². The summed E-state index contributed by atoms with van der Waals surface area (Å²) in [5.74, 6) is 0. The Morgan fingerprint density at radius 2 is 2.13 bits per heavy atom. The number of hydrogen-bond acceptors (Lipinski definition) is 3. The molecule has 0 saturated heterocycles. The molecule has 1 amide bonds. The predicted octanol–water partition coefficient (Wildman–Crippen LogP) is 5.14. The molecule has 5 heteroatoms. The van der Waals surface area contributed by atoms with Crippen LogP contribution < -0.4 is 5.32 Å². The van der Waals surface area contributed by atoms with E-state index >= 15 is 0 Å². The minimum atomic E-state index is -0.541. The van der Waals surface area contributed by atoms with E-state index in [2.05, 4.69) is 32.8 Å². The lowest BCUT2D eigenvalue weighted by Crippen LogP contribution is -2.35. The second-order valence-electron chi connectivity index (χ2n) is 6.27. The molecule has 0 saturated carbocycles. The van der Waals surface area contributed by atoms with Crippen LogP contribution >= 0.6 is 15.9 Å². The second kappa shape index (κ2) is 7.13. The first-order valence-corrected chi connectivity index (χ1v) is 8.25. The van der Waals surface area contributed by atoms with E-state index in [9.17, 15) is 4.79 Å². The fourth-order valence-corrected chi connectivity index (χ4v) is 2.77. The van der Waals surface area contributed by atoms with Crippen molar-refractivity contribution in [3.63, 3.8) is 0 Å². The Bertz CT molecular complexity index is 723. The minimum absolute atomic E-state index is 0.289. The molecule has 2 rings (SSSR count). The normalized spacial score (nSPS) is 12.7. The van der Waals surface area contributed by atoms with Crippen LogP contribution in [0.1, 0.15) is 38.9 Å². The Labute approximate surface area is 145 Å². The van der Waals surface area contributed by atoms with Gasteiger partial charge in [-0.2, -0.15) is 0 Å². The molecule has 1 atom stereocenters. The first-order valence-electron chi connectivity index (χ1n) is 7.46. The molecule has 0 spiro atoms. The number of halogens is 1. The molecular formula is C18H21BrN2O2. The summed E-state index contributed by atoms with van der Waals surface area (Å²) < 4.78 is 6.27. The monoisotopic (exact) mass is 376 g/mol. The fourth-order valence-electron chi connectivity index (χ4n) is 2.20. The van der Waals surface area contributed by atoms with Crippen LogP contribution in [0, 0.1) is 0 Å². The van der Waals surface area contributed by atoms with E-state index in [0.29, 0.717) is 6.42 Å². The third kappa shape index (κ3) is 4.79. The van der Waals surface area contributed by atoms with Gasteiger partial charge in [-0.05, 0) is 39.3 Å². The Morgan fingerprint density at radius 3 is 2.78 bits per heavy atom. The van der Waals surface area contributed by atoms with Crippen LogP contribution in [-0.4, -0.2) is 16.7 Å². The topological polar surface area (TPSA) is 51.2 Å². The van der Waals surface area contributed by atoms with Crippen molar-refractivity contribution in [3.8, 4) is 0 Å². The van der Waals surface area contributed by atoms with Gasteiger partial charge in [-0.25, -0.2) is 4.79 Å². The van der Waals surface area contributed by atoms with Gasteiger partial charge in [0.2, 0.25) is 0 Å². The van der Waals surface area contributed by atoms with Crippen molar-refractivity contribution in [2.75, 3.05) is 0 Å². The van der Waals surface area contributed by atoms with Gasteiger partial charge in [-0.1, -0.05) is 40.2 Å². The maximum Gasteiger partial charge on any atom is 0.408 e. The Balaban J connectivity index is 2.30. The highest BCUT2D eigenvalue weighted by atomic mass is 79.9. The molecule has 0 bridgehead atoms. The predicted molar refractivity (Wildman–Crippen MR) is 96.4 cm³/mol. The Hall–Kier alpha value is -1.88. The molecule has 1 aromatic carbocycles. The van der Waals surface area contributed by atoms with Gasteiger partial charge in [0.05, 0.1) is 17.3 Å². The number of amides is 1. The molecule has 0 aliphatic carbocycles. The first-order chi connectivity index (χ1) is 10.8. The fraction of sp³-hybridized carbons (Fsp3) is 0.333. The SMILES string of the molecule is C=CC[C@H](NC(=O)OC(C)(C)C)c1cc(Br)c2ccccc2n1. The van der Waals surface area contributed by atoms with E-state index in [-0.39, 0.29) is 6.04 Å². The van der Waals surface area contributed by atoms with E-state index in [1.807, 2.05) is 51.1 Å². The maximum atomic E-state index is 12.1. The van der Waals surface area contributed by atoms with Crippen molar-refractivity contribution >= 4 is 32.9 Å². The zero-order chi connectivity index (χ0) is 17.0. The number of nitrogens with one attached hydrogen (secondary N) is 1. The van der Waals surface area contributed by atoms with Gasteiger partial charge in [0.1, 0.15) is 5.60 Å². The summed E-state index contributed by atoms with van der Waals surface area (Å²) in [6.07, 6.45) is 1.86. The number of pyridine rings is 1. The lowest BCUT2D eigenvalue weighted by molar-refractivity contribution is 0.0503. The Kier molecular flexibility index (Phi) is 5.42. The molecule has 0 aliphatic rings. The first kappa shape index (κ1) is 17.5. The maximum absolute atomic E-state index is 12.1. The molecule has 122 valence electrons. The van der Waals surface area contributed by atoms with Crippen molar-refractivity contribution in [2.24, 2.45) is 0 Å². The molecule has 0 unspecified atom stereocenters. The summed E-state index contributed by atoms with van der Waals surface area (Å²) in [6.45, 7) is 9.26. The minimum Gasteiger partial charge on any atom is -0.444 e. The second-order valence-corrected chi connectivity index (χ2v) is 7.12. The number of nitrogens with zero attached hydrogens (tertiary/aromatic N) is 1. The van der Waals surface area contributed by atoms with Crippen LogP contribution in [-0.2, 0) is 4.74 Å². The number of rotatable bonds is 4. The van der Waals surface area contributed by atoms with E-state index in [0.717, 1.165) is 21.1 Å². The largest absolute Gasteiger partial charge is 0.444 e. The molecule has 1 aromatic heterocycles. The van der Waals surface area contributed by atoms with Gasteiger partial charge in [0.25, 0.3) is 0 Å². The average molecular weight is 377 g/mol. The number of aromatic nitrogens is 1. The average Bonchev–Trinajstić information content (AvgIpc) is 2.45. The number of carbonyl (C=O) groups is 1. The summed E-state index contributed by atoms with van der Waals surface area (Å²) in [5, 5.41) is 3.90. The summed E-state index contributed by atoms with van der Waals surface area (Å²) in [4.78, 5) is 16.7. The molecule has 2 aromatic rings. The summed E-state index contributed by atoms with van der Waals surface area (Å²) in [7, 11) is 0. The van der Waals surface area contributed by atoms with Crippen LogP contribution in [0.5, 0.6) is 0 Å². The summed E-state index contributed by atoms with van der Waals surface area (Å²) in [5.41, 5.74) is 1.10. The highest BCUT2D eigenvalue weighted by Crippen LogP contribution is 2.27. The lowest BCUT2D eigenvalue weighted by atomic mass is 10.1. The van der Waals surface area contributed by atoms with Gasteiger partial charge in [0, 0.05) is 9.86 Å². The van der Waals surface area contributed by atoms with Crippen LogP contribution in [0.3, 0.4) is 0 Å². The van der Waals surface area contributed by atoms with Crippen LogP contribution in [0.15, 0.2) is 47.5 Å². The zero-order valence-corrected chi connectivity index (χ0v) is 15.2. The number of ether oxygens (including phenoxy) is 1. The van der Waals surface area contributed by atoms with E-state index < -0.39 is 11.7 Å². The van der Waals surface area contributed by atoms with Gasteiger partial charge in [-0.3, -0.25) is 4.98 Å². The van der Waals surface area contributed by atoms with Gasteiger partial charge >= 0.3 is 6.09 Å². The van der Waals surface area contributed by atoms with Crippen LogP contribution in [0.2, 0.25) is 0 Å². The van der Waals surface area contributed by atoms with Gasteiger partial charge < -0.3 is 10.1 Å². The number of hydrogen-bond donors (Lipinski definition) is 1. The quantitative estimate of drug-likeness (QED) is 0.751. The van der Waals surface area contributed by atoms with Crippen molar-refractivity contribution in [1.29, 1.82) is 0 Å². The number of benzene rings is 1. The number of para-hydroxylation sites is 1. The van der Waals surface area contributed by atoms with Crippen LogP contribution in [0.4, 0.5) is 4.79 Å². The van der Waals surface area contributed by atoms with Gasteiger partial charge in [-0.15, -0.1) is 6.58 Å². The van der Waals surface area contributed by atoms with E-state index in [1.165, 1.54) is 0 Å². The zero-order valence-electron chi connectivity index (χ0n) is 13.6. The third-order valence-electron chi connectivity index (χ3n) is 3.14. The van der Waals surface area contributed by atoms with E-state index in [4.69, 9.17) is 4.74 Å². The molecule has 4 nitrogen and oxygen atoms in total. The summed E-state index contributed by atoms with van der Waals surface area (Å²) in [6, 6.07) is 9.49. The van der Waals surface area contributed by atoms with Crippen LogP contribution in [0.25, 0.3) is 10.9 Å². The summed E-state index contributed by atoms with van der Waals surface area (Å²) >= 11 is 3.57. The number of alkyl carbamates (subject to hydrolysis) is 1. The van der Waals surface area contributed by atoms with Gasteiger partial charge in [0.15, 0.2) is 0 Å². The molecule has 1 heterocycles. The van der Waals surface area contributed by atoms with E-state index in [1.54, 1.807) is 6.08 Å². The molecule has 1 N–H and O–H groups in total. The number of carbonyl (C=O) groups excluding carboxylic acids is 1. The lowest BCUT2D eigenvalue weighted by Gasteiger charge is -2.23.